The largest absolute Gasteiger partial charge is 0.454 e. The minimum atomic E-state index is -4.46. The molecule has 1 amide bonds. The highest BCUT2D eigenvalue weighted by molar-refractivity contribution is 5.86. The molecule has 4 aromatic rings. The van der Waals surface area contributed by atoms with Crippen LogP contribution in [-0.4, -0.2) is 53.7 Å². The summed E-state index contributed by atoms with van der Waals surface area (Å²) in [6.45, 7) is 3.52. The molecule has 0 aliphatic carbocycles. The van der Waals surface area contributed by atoms with Gasteiger partial charge in [-0.25, -0.2) is 0 Å². The van der Waals surface area contributed by atoms with E-state index in [1.165, 1.54) is 12.1 Å². The van der Waals surface area contributed by atoms with Crippen molar-refractivity contribution < 1.29 is 27.4 Å². The van der Waals surface area contributed by atoms with Crippen LogP contribution < -0.4 is 9.47 Å². The molecule has 0 saturated carbocycles. The third-order valence-electron chi connectivity index (χ3n) is 7.56. The van der Waals surface area contributed by atoms with Crippen LogP contribution in [0.25, 0.3) is 10.9 Å². The standard InChI is InChI=1S/C30H28F3N3O3/c31-30(32,33)22-5-3-4-21(15-22)24(25-17-34-26-7-2-1-6-23(25)26)16-29(37)36-12-10-35(11-13-36)18-20-8-9-27-28(14-20)39-19-38-27/h1-9,14-15,17,24,34H,10-13,16,18-19H2/t24-/m1/s1. The number of benzene rings is 3. The molecule has 2 aliphatic heterocycles. The maximum atomic E-state index is 13.5. The molecule has 202 valence electrons. The fourth-order valence-electron chi connectivity index (χ4n) is 5.48. The molecule has 2 aliphatic rings. The van der Waals surface area contributed by atoms with E-state index in [0.717, 1.165) is 46.1 Å². The Kier molecular flexibility index (Phi) is 6.68. The van der Waals surface area contributed by atoms with Gasteiger partial charge in [-0.15, -0.1) is 0 Å². The molecular formula is C30H28F3N3O3. The first-order valence-electron chi connectivity index (χ1n) is 13.0. The molecule has 1 atom stereocenters. The van der Waals surface area contributed by atoms with Crippen LogP contribution in [0.2, 0.25) is 0 Å². The average molecular weight is 536 g/mol. The van der Waals surface area contributed by atoms with E-state index in [-0.39, 0.29) is 19.1 Å². The van der Waals surface area contributed by atoms with Gasteiger partial charge in [0, 0.05) is 62.2 Å². The van der Waals surface area contributed by atoms with Gasteiger partial charge in [-0.05, 0) is 41.0 Å². The number of piperazine rings is 1. The monoisotopic (exact) mass is 535 g/mol. The number of aromatic amines is 1. The summed E-state index contributed by atoms with van der Waals surface area (Å²) in [4.78, 5) is 20.9. The first kappa shape index (κ1) is 25.3. The zero-order valence-corrected chi connectivity index (χ0v) is 21.2. The lowest BCUT2D eigenvalue weighted by atomic mass is 9.87. The van der Waals surface area contributed by atoms with E-state index in [0.29, 0.717) is 31.7 Å². The number of nitrogens with one attached hydrogen (secondary N) is 1. The lowest BCUT2D eigenvalue weighted by Gasteiger charge is -2.35. The Morgan fingerprint density at radius 2 is 1.72 bits per heavy atom. The molecule has 0 unspecified atom stereocenters. The third-order valence-corrected chi connectivity index (χ3v) is 7.56. The van der Waals surface area contributed by atoms with Crippen LogP contribution in [0, 0.1) is 0 Å². The Hall–Kier alpha value is -3.98. The number of carbonyl (C=O) groups excluding carboxylic acids is 1. The van der Waals surface area contributed by atoms with Gasteiger partial charge in [0.25, 0.3) is 0 Å². The van der Waals surface area contributed by atoms with Crippen LogP contribution in [0.1, 0.15) is 34.6 Å². The van der Waals surface area contributed by atoms with Gasteiger partial charge in [0.15, 0.2) is 11.5 Å². The van der Waals surface area contributed by atoms with Crippen molar-refractivity contribution in [2.45, 2.75) is 25.1 Å². The van der Waals surface area contributed by atoms with Crippen molar-refractivity contribution in [3.05, 3.63) is 95.2 Å². The number of fused-ring (bicyclic) bond motifs is 2. The van der Waals surface area contributed by atoms with Gasteiger partial charge in [-0.3, -0.25) is 9.69 Å². The summed E-state index contributed by atoms with van der Waals surface area (Å²) in [5, 5.41) is 0.904. The van der Waals surface area contributed by atoms with Crippen LogP contribution in [0.15, 0.2) is 72.9 Å². The smallest absolute Gasteiger partial charge is 0.416 e. The minimum Gasteiger partial charge on any atom is -0.454 e. The maximum absolute atomic E-state index is 13.5. The highest BCUT2D eigenvalue weighted by Gasteiger charge is 2.32. The van der Waals surface area contributed by atoms with Gasteiger partial charge < -0.3 is 19.4 Å². The van der Waals surface area contributed by atoms with Gasteiger partial charge in [-0.2, -0.15) is 13.2 Å². The molecule has 6 nitrogen and oxygen atoms in total. The first-order chi connectivity index (χ1) is 18.8. The molecule has 3 aromatic carbocycles. The average Bonchev–Trinajstić information content (AvgIpc) is 3.58. The number of halogens is 3. The summed E-state index contributed by atoms with van der Waals surface area (Å²) in [5.41, 5.74) is 2.58. The Labute approximate surface area is 223 Å². The lowest BCUT2D eigenvalue weighted by molar-refractivity contribution is -0.137. The fraction of sp³-hybridized carbons (Fsp3) is 0.300. The lowest BCUT2D eigenvalue weighted by Crippen LogP contribution is -2.48. The molecule has 3 heterocycles. The van der Waals surface area contributed by atoms with E-state index < -0.39 is 17.7 Å². The second kappa shape index (κ2) is 10.3. The maximum Gasteiger partial charge on any atom is 0.416 e. The number of para-hydroxylation sites is 1. The van der Waals surface area contributed by atoms with Crippen LogP contribution in [0.4, 0.5) is 13.2 Å². The molecule has 1 saturated heterocycles. The number of carbonyl (C=O) groups is 1. The van der Waals surface area contributed by atoms with Crippen molar-refractivity contribution in [1.82, 2.24) is 14.8 Å². The molecule has 0 spiro atoms. The predicted octanol–water partition coefficient (Wildman–Crippen LogP) is 5.78. The molecule has 1 fully saturated rings. The number of hydrogen-bond acceptors (Lipinski definition) is 4. The van der Waals surface area contributed by atoms with Crippen molar-refractivity contribution in [2.24, 2.45) is 0 Å². The highest BCUT2D eigenvalue weighted by Crippen LogP contribution is 2.37. The SMILES string of the molecule is O=C(C[C@H](c1cccc(C(F)(F)F)c1)c1c[nH]c2ccccc12)N1CCN(Cc2ccc3c(c2)OCO3)CC1. The van der Waals surface area contributed by atoms with Crippen LogP contribution in [0.3, 0.4) is 0 Å². The Morgan fingerprint density at radius 1 is 0.923 bits per heavy atom. The molecule has 0 bridgehead atoms. The van der Waals surface area contributed by atoms with Crippen molar-refractivity contribution in [3.63, 3.8) is 0 Å². The number of alkyl halides is 3. The van der Waals surface area contributed by atoms with E-state index >= 15 is 0 Å². The summed E-state index contributed by atoms with van der Waals surface area (Å²) in [6, 6.07) is 18.9. The van der Waals surface area contributed by atoms with Crippen molar-refractivity contribution in [1.29, 1.82) is 0 Å². The Balaban J connectivity index is 1.18. The second-order valence-corrected chi connectivity index (χ2v) is 10.0. The van der Waals surface area contributed by atoms with Gasteiger partial charge in [0.2, 0.25) is 12.7 Å². The summed E-state index contributed by atoms with van der Waals surface area (Å²) in [7, 11) is 0. The van der Waals surface area contributed by atoms with E-state index in [2.05, 4.69) is 9.88 Å². The molecule has 39 heavy (non-hydrogen) atoms. The number of amides is 1. The number of nitrogens with zero attached hydrogens (tertiary/aromatic N) is 2. The highest BCUT2D eigenvalue weighted by atomic mass is 19.4. The summed E-state index contributed by atoms with van der Waals surface area (Å²) < 4.78 is 51.5. The molecule has 6 rings (SSSR count). The van der Waals surface area contributed by atoms with Crippen LogP contribution >= 0.6 is 0 Å². The molecule has 9 heteroatoms. The van der Waals surface area contributed by atoms with Crippen molar-refractivity contribution >= 4 is 16.8 Å². The second-order valence-electron chi connectivity index (χ2n) is 10.0. The van der Waals surface area contributed by atoms with Gasteiger partial charge >= 0.3 is 6.18 Å². The van der Waals surface area contributed by atoms with Gasteiger partial charge in [-0.1, -0.05) is 42.5 Å². The minimum absolute atomic E-state index is 0.0644. The van der Waals surface area contributed by atoms with Gasteiger partial charge in [0.05, 0.1) is 5.56 Å². The quantitative estimate of drug-likeness (QED) is 0.340. The Bertz CT molecular complexity index is 1490. The van der Waals surface area contributed by atoms with E-state index in [1.807, 2.05) is 53.6 Å². The topological polar surface area (TPSA) is 57.8 Å². The Morgan fingerprint density at radius 3 is 2.54 bits per heavy atom. The van der Waals surface area contributed by atoms with Crippen LogP contribution in [0.5, 0.6) is 11.5 Å². The van der Waals surface area contributed by atoms with E-state index in [9.17, 15) is 18.0 Å². The zero-order chi connectivity index (χ0) is 27.0. The fourth-order valence-corrected chi connectivity index (χ4v) is 5.48. The normalized spacial score (nSPS) is 16.5. The number of aromatic nitrogens is 1. The van der Waals surface area contributed by atoms with Crippen LogP contribution in [-0.2, 0) is 17.5 Å². The first-order valence-corrected chi connectivity index (χ1v) is 13.0. The van der Waals surface area contributed by atoms with Crippen molar-refractivity contribution in [3.8, 4) is 11.5 Å². The number of rotatable bonds is 6. The summed E-state index contributed by atoms with van der Waals surface area (Å²) in [6.07, 6.45) is -2.56. The number of H-pyrrole nitrogens is 1. The van der Waals surface area contributed by atoms with Crippen molar-refractivity contribution in [2.75, 3.05) is 33.0 Å². The third kappa shape index (κ3) is 5.31. The zero-order valence-electron chi connectivity index (χ0n) is 21.2. The van der Waals surface area contributed by atoms with E-state index in [4.69, 9.17) is 9.47 Å². The number of hydrogen-bond donors (Lipinski definition) is 1. The predicted molar refractivity (Wildman–Crippen MR) is 141 cm³/mol. The summed E-state index contributed by atoms with van der Waals surface area (Å²) in [5.74, 6) is 0.923. The molecular weight excluding hydrogens is 507 g/mol. The van der Waals surface area contributed by atoms with E-state index in [1.54, 1.807) is 6.07 Å². The molecule has 1 aromatic heterocycles. The molecule has 0 radical (unpaired) electrons. The summed E-state index contributed by atoms with van der Waals surface area (Å²) >= 11 is 0. The van der Waals surface area contributed by atoms with Gasteiger partial charge in [0.1, 0.15) is 0 Å². The number of ether oxygens (including phenoxy) is 2. The molecule has 1 N–H and O–H groups in total.